The summed E-state index contributed by atoms with van der Waals surface area (Å²) in [7, 11) is 2.09. The lowest BCUT2D eigenvalue weighted by Crippen LogP contribution is -2.44. The molecule has 1 fully saturated rings. The van der Waals surface area contributed by atoms with Crippen LogP contribution in [-0.4, -0.2) is 23.3 Å². The van der Waals surface area contributed by atoms with E-state index < -0.39 is 0 Å². The standard InChI is InChI=1S/C12H20N2S2/c1-8-6-9(2)11(10(7-8)13-3)16-12-14-4-5-15-12/h4-5,8-11,13H,6-7H2,1-3H3. The summed E-state index contributed by atoms with van der Waals surface area (Å²) < 4.78 is 1.21. The molecule has 1 aliphatic carbocycles. The van der Waals surface area contributed by atoms with Gasteiger partial charge in [-0.15, -0.1) is 11.3 Å². The van der Waals surface area contributed by atoms with Crippen molar-refractivity contribution in [1.82, 2.24) is 10.3 Å². The molecule has 1 aliphatic rings. The second kappa shape index (κ2) is 5.52. The van der Waals surface area contributed by atoms with Crippen molar-refractivity contribution < 1.29 is 0 Å². The van der Waals surface area contributed by atoms with Gasteiger partial charge in [0.2, 0.25) is 0 Å². The van der Waals surface area contributed by atoms with Crippen molar-refractivity contribution in [2.24, 2.45) is 11.8 Å². The number of aromatic nitrogens is 1. The zero-order chi connectivity index (χ0) is 11.5. The highest BCUT2D eigenvalue weighted by atomic mass is 32.2. The van der Waals surface area contributed by atoms with Crippen molar-refractivity contribution in [2.75, 3.05) is 7.05 Å². The normalized spacial score (nSPS) is 35.2. The lowest BCUT2D eigenvalue weighted by atomic mass is 9.80. The molecule has 0 amide bonds. The first-order valence-electron chi connectivity index (χ1n) is 5.94. The number of rotatable bonds is 3. The zero-order valence-electron chi connectivity index (χ0n) is 10.1. The predicted molar refractivity (Wildman–Crippen MR) is 72.2 cm³/mol. The largest absolute Gasteiger partial charge is 0.316 e. The van der Waals surface area contributed by atoms with Crippen LogP contribution in [0.1, 0.15) is 26.7 Å². The molecule has 2 rings (SSSR count). The van der Waals surface area contributed by atoms with E-state index in [1.807, 2.05) is 18.0 Å². The van der Waals surface area contributed by atoms with Crippen LogP contribution < -0.4 is 5.32 Å². The maximum Gasteiger partial charge on any atom is 0.150 e. The minimum atomic E-state index is 0.632. The Hall–Kier alpha value is -0.0600. The highest BCUT2D eigenvalue weighted by Gasteiger charge is 2.34. The van der Waals surface area contributed by atoms with E-state index in [1.54, 1.807) is 11.3 Å². The maximum absolute atomic E-state index is 4.39. The molecule has 1 aromatic heterocycles. The van der Waals surface area contributed by atoms with E-state index in [0.717, 1.165) is 11.8 Å². The van der Waals surface area contributed by atoms with Crippen molar-refractivity contribution >= 4 is 23.1 Å². The summed E-state index contributed by atoms with van der Waals surface area (Å²) in [6, 6.07) is 0.632. The van der Waals surface area contributed by atoms with E-state index in [-0.39, 0.29) is 0 Å². The SMILES string of the molecule is CNC1CC(C)CC(C)C1Sc1nccs1. The fraction of sp³-hybridized carbons (Fsp3) is 0.750. The van der Waals surface area contributed by atoms with Gasteiger partial charge in [0.1, 0.15) is 4.34 Å². The van der Waals surface area contributed by atoms with Crippen molar-refractivity contribution in [3.05, 3.63) is 11.6 Å². The lowest BCUT2D eigenvalue weighted by molar-refractivity contribution is 0.257. The van der Waals surface area contributed by atoms with E-state index in [0.29, 0.717) is 11.3 Å². The van der Waals surface area contributed by atoms with Crippen LogP contribution in [0.5, 0.6) is 0 Å². The monoisotopic (exact) mass is 256 g/mol. The number of hydrogen-bond acceptors (Lipinski definition) is 4. The maximum atomic E-state index is 4.39. The van der Waals surface area contributed by atoms with Gasteiger partial charge in [-0.1, -0.05) is 25.6 Å². The summed E-state index contributed by atoms with van der Waals surface area (Å²) in [6.07, 6.45) is 4.54. The molecule has 0 aliphatic heterocycles. The summed E-state index contributed by atoms with van der Waals surface area (Å²) in [5, 5.41) is 6.22. The van der Waals surface area contributed by atoms with Gasteiger partial charge in [0.05, 0.1) is 0 Å². The smallest absolute Gasteiger partial charge is 0.150 e. The first-order chi connectivity index (χ1) is 7.70. The molecule has 2 nitrogen and oxygen atoms in total. The Labute approximate surface area is 106 Å². The third kappa shape index (κ3) is 2.79. The van der Waals surface area contributed by atoms with Gasteiger partial charge in [-0.25, -0.2) is 4.98 Å². The second-order valence-corrected chi connectivity index (χ2v) is 7.15. The van der Waals surface area contributed by atoms with E-state index >= 15 is 0 Å². The van der Waals surface area contributed by atoms with E-state index in [9.17, 15) is 0 Å². The van der Waals surface area contributed by atoms with Crippen LogP contribution in [0.3, 0.4) is 0 Å². The molecule has 0 spiro atoms. The highest BCUT2D eigenvalue weighted by Crippen LogP contribution is 2.40. The Morgan fingerprint density at radius 2 is 2.25 bits per heavy atom. The number of thioether (sulfide) groups is 1. The molecule has 1 heterocycles. The molecule has 4 atom stereocenters. The first kappa shape index (κ1) is 12.4. The van der Waals surface area contributed by atoms with Gasteiger partial charge in [-0.05, 0) is 31.7 Å². The molecule has 0 saturated heterocycles. The fourth-order valence-electron chi connectivity index (χ4n) is 2.69. The molecule has 1 aromatic rings. The predicted octanol–water partition coefficient (Wildman–Crippen LogP) is 3.26. The quantitative estimate of drug-likeness (QED) is 0.898. The van der Waals surface area contributed by atoms with Gasteiger partial charge in [0, 0.05) is 22.9 Å². The van der Waals surface area contributed by atoms with E-state index in [4.69, 9.17) is 0 Å². The zero-order valence-corrected chi connectivity index (χ0v) is 11.8. The van der Waals surface area contributed by atoms with Gasteiger partial charge in [0.25, 0.3) is 0 Å². The molecule has 1 N–H and O–H groups in total. The fourth-order valence-corrected chi connectivity index (χ4v) is 4.89. The van der Waals surface area contributed by atoms with E-state index in [2.05, 4.69) is 36.6 Å². The van der Waals surface area contributed by atoms with Gasteiger partial charge < -0.3 is 5.32 Å². The lowest BCUT2D eigenvalue weighted by Gasteiger charge is -2.38. The van der Waals surface area contributed by atoms with Crippen molar-refractivity contribution in [3.63, 3.8) is 0 Å². The first-order valence-corrected chi connectivity index (χ1v) is 7.70. The van der Waals surface area contributed by atoms with Crippen LogP contribution in [0.15, 0.2) is 15.9 Å². The van der Waals surface area contributed by atoms with Crippen LogP contribution in [0.2, 0.25) is 0 Å². The van der Waals surface area contributed by atoms with Crippen LogP contribution >= 0.6 is 23.1 Å². The minimum Gasteiger partial charge on any atom is -0.316 e. The average Bonchev–Trinajstić information content (AvgIpc) is 2.74. The molecule has 0 bridgehead atoms. The van der Waals surface area contributed by atoms with Crippen LogP contribution in [0.4, 0.5) is 0 Å². The summed E-state index contributed by atoms with van der Waals surface area (Å²) in [6.45, 7) is 4.75. The number of thiazole rings is 1. The van der Waals surface area contributed by atoms with Gasteiger partial charge >= 0.3 is 0 Å². The van der Waals surface area contributed by atoms with E-state index in [1.165, 1.54) is 17.2 Å². The highest BCUT2D eigenvalue weighted by molar-refractivity contribution is 8.01. The molecule has 0 radical (unpaired) electrons. The Bertz CT molecular complexity index is 313. The summed E-state index contributed by atoms with van der Waals surface area (Å²) in [5.74, 6) is 1.62. The summed E-state index contributed by atoms with van der Waals surface area (Å²) >= 11 is 3.71. The molecule has 0 aromatic carbocycles. The van der Waals surface area contributed by atoms with Crippen molar-refractivity contribution in [1.29, 1.82) is 0 Å². The topological polar surface area (TPSA) is 24.9 Å². The molecular weight excluding hydrogens is 236 g/mol. The Kier molecular flexibility index (Phi) is 4.27. The average molecular weight is 256 g/mol. The van der Waals surface area contributed by atoms with Crippen LogP contribution in [0.25, 0.3) is 0 Å². The van der Waals surface area contributed by atoms with Gasteiger partial charge in [0.15, 0.2) is 0 Å². The Morgan fingerprint density at radius 3 is 2.88 bits per heavy atom. The number of hydrogen-bond donors (Lipinski definition) is 1. The Morgan fingerprint density at radius 1 is 1.44 bits per heavy atom. The minimum absolute atomic E-state index is 0.632. The van der Waals surface area contributed by atoms with Gasteiger partial charge in [-0.2, -0.15) is 0 Å². The van der Waals surface area contributed by atoms with Crippen molar-refractivity contribution in [2.45, 2.75) is 42.3 Å². The molecular formula is C12H20N2S2. The van der Waals surface area contributed by atoms with Crippen molar-refractivity contribution in [3.8, 4) is 0 Å². The molecule has 4 unspecified atom stereocenters. The Balaban J connectivity index is 2.05. The molecule has 1 saturated carbocycles. The summed E-state index contributed by atoms with van der Waals surface area (Å²) in [4.78, 5) is 4.39. The van der Waals surface area contributed by atoms with Crippen LogP contribution in [0, 0.1) is 11.8 Å². The summed E-state index contributed by atoms with van der Waals surface area (Å²) in [5.41, 5.74) is 0. The van der Waals surface area contributed by atoms with Gasteiger partial charge in [-0.3, -0.25) is 0 Å². The third-order valence-corrected chi connectivity index (χ3v) is 5.92. The molecule has 16 heavy (non-hydrogen) atoms. The third-order valence-electron chi connectivity index (χ3n) is 3.41. The molecule has 4 heteroatoms. The number of nitrogens with zero attached hydrogens (tertiary/aromatic N) is 1. The number of nitrogens with one attached hydrogen (secondary N) is 1. The second-order valence-electron chi connectivity index (χ2n) is 4.83. The molecule has 90 valence electrons. The van der Waals surface area contributed by atoms with Crippen LogP contribution in [-0.2, 0) is 0 Å².